The van der Waals surface area contributed by atoms with Gasteiger partial charge in [-0.2, -0.15) is 0 Å². The SMILES string of the molecule is CCc1cc(C)cc([N+](=O)[O-])c1. The lowest BCUT2D eigenvalue weighted by molar-refractivity contribution is -0.385. The maximum absolute atomic E-state index is 10.4. The number of hydrogen-bond acceptors (Lipinski definition) is 2. The fourth-order valence-electron chi connectivity index (χ4n) is 1.15. The van der Waals surface area contributed by atoms with E-state index < -0.39 is 0 Å². The van der Waals surface area contributed by atoms with Crippen molar-refractivity contribution in [3.63, 3.8) is 0 Å². The van der Waals surface area contributed by atoms with Crippen LogP contribution in [0, 0.1) is 17.0 Å². The molecule has 0 aliphatic rings. The molecule has 1 rings (SSSR count). The fourth-order valence-corrected chi connectivity index (χ4v) is 1.15. The van der Waals surface area contributed by atoms with Crippen LogP contribution in [-0.4, -0.2) is 4.92 Å². The summed E-state index contributed by atoms with van der Waals surface area (Å²) in [6, 6.07) is 5.17. The number of nitrogens with zero attached hydrogens (tertiary/aromatic N) is 1. The smallest absolute Gasteiger partial charge is 0.258 e. The van der Waals surface area contributed by atoms with Crippen molar-refractivity contribution >= 4 is 5.69 Å². The first kappa shape index (κ1) is 8.71. The second kappa shape index (κ2) is 3.34. The van der Waals surface area contributed by atoms with E-state index in [1.54, 1.807) is 12.1 Å². The molecule has 0 unspecified atom stereocenters. The molecular formula is C9H11NO2. The fraction of sp³-hybridized carbons (Fsp3) is 0.333. The molecule has 64 valence electrons. The maximum atomic E-state index is 10.4. The molecule has 0 aromatic heterocycles. The van der Waals surface area contributed by atoms with Crippen molar-refractivity contribution in [3.05, 3.63) is 39.4 Å². The van der Waals surface area contributed by atoms with Crippen molar-refractivity contribution < 1.29 is 4.92 Å². The summed E-state index contributed by atoms with van der Waals surface area (Å²) >= 11 is 0. The van der Waals surface area contributed by atoms with Gasteiger partial charge in [0.1, 0.15) is 0 Å². The highest BCUT2D eigenvalue weighted by Gasteiger charge is 2.06. The van der Waals surface area contributed by atoms with Crippen LogP contribution in [0.2, 0.25) is 0 Å². The molecule has 12 heavy (non-hydrogen) atoms. The second-order valence-electron chi connectivity index (χ2n) is 2.79. The van der Waals surface area contributed by atoms with E-state index in [-0.39, 0.29) is 10.6 Å². The van der Waals surface area contributed by atoms with Crippen LogP contribution in [0.1, 0.15) is 18.1 Å². The Morgan fingerprint density at radius 1 is 1.42 bits per heavy atom. The van der Waals surface area contributed by atoms with E-state index in [2.05, 4.69) is 0 Å². The van der Waals surface area contributed by atoms with E-state index in [0.717, 1.165) is 17.5 Å². The third-order valence-electron chi connectivity index (χ3n) is 1.74. The number of nitro groups is 1. The lowest BCUT2D eigenvalue weighted by Gasteiger charge is -1.98. The molecule has 0 radical (unpaired) electrons. The highest BCUT2D eigenvalue weighted by Crippen LogP contribution is 2.16. The molecule has 0 fully saturated rings. The van der Waals surface area contributed by atoms with Gasteiger partial charge in [0.05, 0.1) is 4.92 Å². The summed E-state index contributed by atoms with van der Waals surface area (Å²) in [5.41, 5.74) is 2.15. The van der Waals surface area contributed by atoms with Gasteiger partial charge in [-0.05, 0) is 24.5 Å². The van der Waals surface area contributed by atoms with E-state index in [1.165, 1.54) is 0 Å². The van der Waals surface area contributed by atoms with Gasteiger partial charge in [0.2, 0.25) is 0 Å². The molecule has 3 heteroatoms. The van der Waals surface area contributed by atoms with Crippen molar-refractivity contribution in [1.29, 1.82) is 0 Å². The van der Waals surface area contributed by atoms with Crippen LogP contribution < -0.4 is 0 Å². The van der Waals surface area contributed by atoms with Gasteiger partial charge in [-0.15, -0.1) is 0 Å². The summed E-state index contributed by atoms with van der Waals surface area (Å²) in [5.74, 6) is 0. The molecule has 3 nitrogen and oxygen atoms in total. The molecule has 0 saturated heterocycles. The lowest BCUT2D eigenvalue weighted by atomic mass is 10.1. The zero-order valence-electron chi connectivity index (χ0n) is 7.20. The summed E-state index contributed by atoms with van der Waals surface area (Å²) in [5, 5.41) is 10.4. The molecule has 0 aliphatic heterocycles. The van der Waals surface area contributed by atoms with Crippen molar-refractivity contribution in [3.8, 4) is 0 Å². The second-order valence-corrected chi connectivity index (χ2v) is 2.79. The van der Waals surface area contributed by atoms with Crippen LogP contribution in [0.15, 0.2) is 18.2 Å². The predicted molar refractivity (Wildman–Crippen MR) is 47.2 cm³/mol. The Hall–Kier alpha value is -1.38. The van der Waals surface area contributed by atoms with Crippen molar-refractivity contribution in [2.24, 2.45) is 0 Å². The number of benzene rings is 1. The van der Waals surface area contributed by atoms with Gasteiger partial charge in [0.25, 0.3) is 5.69 Å². The summed E-state index contributed by atoms with van der Waals surface area (Å²) in [6.45, 7) is 3.85. The summed E-state index contributed by atoms with van der Waals surface area (Å²) in [4.78, 5) is 10.1. The Morgan fingerprint density at radius 3 is 2.58 bits per heavy atom. The Kier molecular flexibility index (Phi) is 2.43. The first-order valence-electron chi connectivity index (χ1n) is 3.88. The minimum Gasteiger partial charge on any atom is -0.258 e. The summed E-state index contributed by atoms with van der Waals surface area (Å²) < 4.78 is 0. The van der Waals surface area contributed by atoms with Crippen LogP contribution in [0.5, 0.6) is 0 Å². The quantitative estimate of drug-likeness (QED) is 0.499. The number of aryl methyl sites for hydroxylation is 2. The molecule has 0 spiro atoms. The summed E-state index contributed by atoms with van der Waals surface area (Å²) in [6.07, 6.45) is 0.836. The van der Waals surface area contributed by atoms with E-state index in [4.69, 9.17) is 0 Å². The number of rotatable bonds is 2. The Labute approximate surface area is 71.2 Å². The van der Waals surface area contributed by atoms with E-state index in [9.17, 15) is 10.1 Å². The molecule has 0 aliphatic carbocycles. The van der Waals surface area contributed by atoms with Crippen molar-refractivity contribution in [1.82, 2.24) is 0 Å². The molecule has 0 bridgehead atoms. The topological polar surface area (TPSA) is 43.1 Å². The predicted octanol–water partition coefficient (Wildman–Crippen LogP) is 2.47. The third-order valence-corrected chi connectivity index (χ3v) is 1.74. The lowest BCUT2D eigenvalue weighted by Crippen LogP contribution is -1.91. The van der Waals surface area contributed by atoms with Gasteiger partial charge in [-0.1, -0.05) is 13.0 Å². The first-order valence-corrected chi connectivity index (χ1v) is 3.88. The van der Waals surface area contributed by atoms with Gasteiger partial charge in [-0.3, -0.25) is 10.1 Å². The summed E-state index contributed by atoms with van der Waals surface area (Å²) in [7, 11) is 0. The van der Waals surface area contributed by atoms with Crippen LogP contribution >= 0.6 is 0 Å². The minimum absolute atomic E-state index is 0.187. The highest BCUT2D eigenvalue weighted by molar-refractivity contribution is 5.38. The van der Waals surface area contributed by atoms with E-state index >= 15 is 0 Å². The van der Waals surface area contributed by atoms with Crippen LogP contribution in [0.25, 0.3) is 0 Å². The van der Waals surface area contributed by atoms with Gasteiger partial charge in [0.15, 0.2) is 0 Å². The first-order chi connectivity index (χ1) is 5.63. The van der Waals surface area contributed by atoms with Crippen molar-refractivity contribution in [2.45, 2.75) is 20.3 Å². The van der Waals surface area contributed by atoms with Gasteiger partial charge in [-0.25, -0.2) is 0 Å². The Bertz CT molecular complexity index is 307. The molecule has 0 saturated carbocycles. The minimum atomic E-state index is -0.355. The Balaban J connectivity index is 3.15. The highest BCUT2D eigenvalue weighted by atomic mass is 16.6. The van der Waals surface area contributed by atoms with Crippen LogP contribution in [0.3, 0.4) is 0 Å². The zero-order chi connectivity index (χ0) is 9.14. The number of nitro benzene ring substituents is 1. The van der Waals surface area contributed by atoms with Gasteiger partial charge < -0.3 is 0 Å². The molecule has 0 amide bonds. The molecule has 0 N–H and O–H groups in total. The van der Waals surface area contributed by atoms with Gasteiger partial charge >= 0.3 is 0 Å². The number of hydrogen-bond donors (Lipinski definition) is 0. The monoisotopic (exact) mass is 165 g/mol. The number of non-ortho nitro benzene ring substituents is 1. The maximum Gasteiger partial charge on any atom is 0.269 e. The van der Waals surface area contributed by atoms with E-state index in [0.29, 0.717) is 0 Å². The van der Waals surface area contributed by atoms with E-state index in [1.807, 2.05) is 19.9 Å². The molecule has 1 aromatic rings. The third kappa shape index (κ3) is 1.81. The average molecular weight is 165 g/mol. The normalized spacial score (nSPS) is 9.83. The van der Waals surface area contributed by atoms with Gasteiger partial charge in [0, 0.05) is 12.1 Å². The molecule has 1 aromatic carbocycles. The molecule has 0 heterocycles. The Morgan fingerprint density at radius 2 is 2.08 bits per heavy atom. The van der Waals surface area contributed by atoms with Crippen LogP contribution in [-0.2, 0) is 6.42 Å². The average Bonchev–Trinajstić information content (AvgIpc) is 2.03. The van der Waals surface area contributed by atoms with Crippen LogP contribution in [0.4, 0.5) is 5.69 Å². The zero-order valence-corrected chi connectivity index (χ0v) is 7.20. The molecular weight excluding hydrogens is 154 g/mol. The van der Waals surface area contributed by atoms with Crippen molar-refractivity contribution in [2.75, 3.05) is 0 Å². The largest absolute Gasteiger partial charge is 0.269 e. The standard InChI is InChI=1S/C9H11NO2/c1-3-8-4-7(2)5-9(6-8)10(11)12/h4-6H,3H2,1-2H3. The molecule has 0 atom stereocenters.